The number of ether oxygens (including phenoxy) is 1. The number of benzene rings is 1. The first-order valence-corrected chi connectivity index (χ1v) is 11.5. The SMILES string of the molecule is COCCn1c(NC(=O)CSCc2c(C)noc2C)c(NCc2ccccc2)c(=O)[nH]c1=O. The molecule has 3 rings (SSSR count). The highest BCUT2D eigenvalue weighted by Crippen LogP contribution is 2.21. The summed E-state index contributed by atoms with van der Waals surface area (Å²) in [5, 5.41) is 9.71. The monoisotopic (exact) mass is 473 g/mol. The van der Waals surface area contributed by atoms with Gasteiger partial charge in [0.1, 0.15) is 17.3 Å². The minimum atomic E-state index is -0.624. The molecular weight excluding hydrogens is 446 g/mol. The molecule has 176 valence electrons. The third-order valence-corrected chi connectivity index (χ3v) is 5.91. The molecule has 0 aliphatic rings. The fraction of sp³-hybridized carbons (Fsp3) is 0.364. The molecule has 11 heteroatoms. The van der Waals surface area contributed by atoms with E-state index < -0.39 is 11.2 Å². The number of methoxy groups -OCH3 is 1. The molecule has 0 spiro atoms. The molecule has 0 unspecified atom stereocenters. The van der Waals surface area contributed by atoms with E-state index in [4.69, 9.17) is 9.26 Å². The first kappa shape index (κ1) is 24.3. The topological polar surface area (TPSA) is 131 Å². The van der Waals surface area contributed by atoms with E-state index >= 15 is 0 Å². The first-order valence-electron chi connectivity index (χ1n) is 10.3. The second-order valence-electron chi connectivity index (χ2n) is 7.31. The summed E-state index contributed by atoms with van der Waals surface area (Å²) in [5.41, 5.74) is 1.56. The summed E-state index contributed by atoms with van der Waals surface area (Å²) in [5.74, 6) is 1.16. The number of carbonyl (C=O) groups excluding carboxylic acids is 1. The number of nitrogens with one attached hydrogen (secondary N) is 3. The van der Waals surface area contributed by atoms with Crippen molar-refractivity contribution in [3.63, 3.8) is 0 Å². The van der Waals surface area contributed by atoms with Crippen molar-refractivity contribution in [1.29, 1.82) is 0 Å². The van der Waals surface area contributed by atoms with E-state index in [1.807, 2.05) is 44.2 Å². The fourth-order valence-electron chi connectivity index (χ4n) is 3.17. The summed E-state index contributed by atoms with van der Waals surface area (Å²) in [6, 6.07) is 9.49. The lowest BCUT2D eigenvalue weighted by Gasteiger charge is -2.17. The van der Waals surface area contributed by atoms with Crippen LogP contribution in [0.5, 0.6) is 0 Å². The van der Waals surface area contributed by atoms with E-state index in [2.05, 4.69) is 20.8 Å². The molecule has 0 fully saturated rings. The van der Waals surface area contributed by atoms with Crippen molar-refractivity contribution >= 4 is 29.2 Å². The molecule has 0 saturated heterocycles. The molecule has 1 aromatic carbocycles. The average Bonchev–Trinajstić information content (AvgIpc) is 3.11. The predicted molar refractivity (Wildman–Crippen MR) is 128 cm³/mol. The normalized spacial score (nSPS) is 10.9. The van der Waals surface area contributed by atoms with Crippen LogP contribution >= 0.6 is 11.8 Å². The maximum atomic E-state index is 12.7. The smallest absolute Gasteiger partial charge is 0.330 e. The van der Waals surface area contributed by atoms with E-state index in [9.17, 15) is 14.4 Å². The van der Waals surface area contributed by atoms with Crippen molar-refractivity contribution < 1.29 is 14.1 Å². The van der Waals surface area contributed by atoms with Crippen LogP contribution in [0, 0.1) is 13.8 Å². The molecule has 3 aromatic rings. The van der Waals surface area contributed by atoms with Crippen molar-refractivity contribution in [3.05, 3.63) is 73.8 Å². The molecule has 0 bridgehead atoms. The van der Waals surface area contributed by atoms with Crippen LogP contribution in [-0.2, 0) is 28.4 Å². The zero-order chi connectivity index (χ0) is 23.8. The Morgan fingerprint density at radius 1 is 1.24 bits per heavy atom. The van der Waals surface area contributed by atoms with E-state index in [0.29, 0.717) is 12.3 Å². The van der Waals surface area contributed by atoms with Gasteiger partial charge in [-0.2, -0.15) is 0 Å². The van der Waals surface area contributed by atoms with Crippen molar-refractivity contribution in [3.8, 4) is 0 Å². The van der Waals surface area contributed by atoms with Crippen LogP contribution in [0.15, 0.2) is 44.4 Å². The number of nitrogens with zero attached hydrogens (tertiary/aromatic N) is 2. The van der Waals surface area contributed by atoms with Gasteiger partial charge in [0.2, 0.25) is 5.91 Å². The number of aryl methyl sites for hydroxylation is 2. The molecule has 1 amide bonds. The third kappa shape index (κ3) is 6.36. The fourth-order valence-corrected chi connectivity index (χ4v) is 4.15. The largest absolute Gasteiger partial charge is 0.383 e. The maximum absolute atomic E-state index is 12.7. The Labute approximate surface area is 194 Å². The second-order valence-corrected chi connectivity index (χ2v) is 8.30. The van der Waals surface area contributed by atoms with Gasteiger partial charge in [0.05, 0.1) is 24.6 Å². The zero-order valence-corrected chi connectivity index (χ0v) is 19.6. The minimum Gasteiger partial charge on any atom is -0.383 e. The molecule has 0 atom stereocenters. The van der Waals surface area contributed by atoms with Gasteiger partial charge in [-0.3, -0.25) is 19.1 Å². The number of hydrogen-bond acceptors (Lipinski definition) is 8. The van der Waals surface area contributed by atoms with Crippen LogP contribution in [0.25, 0.3) is 0 Å². The number of rotatable bonds is 11. The zero-order valence-electron chi connectivity index (χ0n) is 18.8. The Morgan fingerprint density at radius 2 is 2.00 bits per heavy atom. The Hall–Kier alpha value is -3.31. The summed E-state index contributed by atoms with van der Waals surface area (Å²) in [4.78, 5) is 40.1. The van der Waals surface area contributed by atoms with Gasteiger partial charge < -0.3 is 19.9 Å². The quantitative estimate of drug-likeness (QED) is 0.387. The number of aromatic amines is 1. The molecule has 2 aromatic heterocycles. The maximum Gasteiger partial charge on any atom is 0.330 e. The van der Waals surface area contributed by atoms with Gasteiger partial charge in [-0.15, -0.1) is 11.8 Å². The van der Waals surface area contributed by atoms with Crippen LogP contribution in [-0.4, -0.2) is 40.1 Å². The number of carbonyl (C=O) groups is 1. The van der Waals surface area contributed by atoms with Gasteiger partial charge >= 0.3 is 5.69 Å². The van der Waals surface area contributed by atoms with Crippen LogP contribution < -0.4 is 21.9 Å². The highest BCUT2D eigenvalue weighted by atomic mass is 32.2. The molecule has 0 aliphatic heterocycles. The van der Waals surface area contributed by atoms with E-state index in [1.165, 1.54) is 23.4 Å². The van der Waals surface area contributed by atoms with E-state index in [1.54, 1.807) is 0 Å². The van der Waals surface area contributed by atoms with Gasteiger partial charge in [-0.05, 0) is 19.4 Å². The standard InChI is InChI=1S/C22H27N5O5S/c1-14-17(15(2)32-26-14)12-33-13-18(28)24-20-19(23-11-16-7-5-4-6-8-16)21(29)25-22(30)27(20)9-10-31-3/h4-8,23H,9-13H2,1-3H3,(H,24,28)(H,25,29,30). The van der Waals surface area contributed by atoms with Crippen molar-refractivity contribution in [1.82, 2.24) is 14.7 Å². The number of hydrogen-bond donors (Lipinski definition) is 3. The Kier molecular flexibility index (Phi) is 8.50. The number of thioether (sulfide) groups is 1. The van der Waals surface area contributed by atoms with Gasteiger partial charge in [0.25, 0.3) is 5.56 Å². The van der Waals surface area contributed by atoms with Crippen LogP contribution in [0.1, 0.15) is 22.6 Å². The molecule has 0 saturated carbocycles. The summed E-state index contributed by atoms with van der Waals surface area (Å²) >= 11 is 1.38. The Balaban J connectivity index is 1.79. The van der Waals surface area contributed by atoms with Crippen molar-refractivity contribution in [2.24, 2.45) is 0 Å². The third-order valence-electron chi connectivity index (χ3n) is 4.95. The molecule has 0 aliphatic carbocycles. The van der Waals surface area contributed by atoms with Crippen molar-refractivity contribution in [2.75, 3.05) is 30.1 Å². The van der Waals surface area contributed by atoms with Crippen LogP contribution in [0.3, 0.4) is 0 Å². The molecule has 0 radical (unpaired) electrons. The lowest BCUT2D eigenvalue weighted by atomic mass is 10.2. The van der Waals surface area contributed by atoms with Crippen molar-refractivity contribution in [2.45, 2.75) is 32.7 Å². The van der Waals surface area contributed by atoms with Gasteiger partial charge in [0, 0.05) is 25.0 Å². The number of H-pyrrole nitrogens is 1. The lowest BCUT2D eigenvalue weighted by Crippen LogP contribution is -2.36. The van der Waals surface area contributed by atoms with Crippen LogP contribution in [0.4, 0.5) is 11.5 Å². The van der Waals surface area contributed by atoms with Gasteiger partial charge in [0.15, 0.2) is 0 Å². The summed E-state index contributed by atoms with van der Waals surface area (Å²) in [6.07, 6.45) is 0. The average molecular weight is 474 g/mol. The van der Waals surface area contributed by atoms with E-state index in [0.717, 1.165) is 22.6 Å². The first-order chi connectivity index (χ1) is 15.9. The molecule has 2 heterocycles. The number of amides is 1. The summed E-state index contributed by atoms with van der Waals surface area (Å²) in [6.45, 7) is 4.41. The molecule has 3 N–H and O–H groups in total. The van der Waals surface area contributed by atoms with Gasteiger partial charge in [-0.1, -0.05) is 35.5 Å². The molecular formula is C22H27N5O5S. The lowest BCUT2D eigenvalue weighted by molar-refractivity contribution is -0.113. The molecule has 10 nitrogen and oxygen atoms in total. The predicted octanol–water partition coefficient (Wildman–Crippen LogP) is 2.27. The second kappa shape index (κ2) is 11.5. The molecule has 33 heavy (non-hydrogen) atoms. The summed E-state index contributed by atoms with van der Waals surface area (Å²) in [7, 11) is 1.51. The Morgan fingerprint density at radius 3 is 2.67 bits per heavy atom. The van der Waals surface area contributed by atoms with Gasteiger partial charge in [-0.25, -0.2) is 4.79 Å². The minimum absolute atomic E-state index is 0.110. The highest BCUT2D eigenvalue weighted by molar-refractivity contribution is 7.99. The Bertz CT molecular complexity index is 1180. The van der Waals surface area contributed by atoms with E-state index in [-0.39, 0.29) is 36.3 Å². The highest BCUT2D eigenvalue weighted by Gasteiger charge is 2.18. The number of anilines is 2. The summed E-state index contributed by atoms with van der Waals surface area (Å²) < 4.78 is 11.5. The van der Waals surface area contributed by atoms with Crippen LogP contribution in [0.2, 0.25) is 0 Å². The number of aromatic nitrogens is 3.